The largest absolute Gasteiger partial charge is 0.459 e. The Bertz CT molecular complexity index is 1070. The molecule has 3 heterocycles. The highest BCUT2D eigenvalue weighted by atomic mass is 32.2. The van der Waals surface area contributed by atoms with Gasteiger partial charge in [0.05, 0.1) is 12.0 Å². The highest BCUT2D eigenvalue weighted by Gasteiger charge is 2.29. The van der Waals surface area contributed by atoms with Crippen LogP contribution in [0, 0.1) is 0 Å². The molecule has 1 fully saturated rings. The van der Waals surface area contributed by atoms with Gasteiger partial charge in [-0.3, -0.25) is 20.4 Å². The maximum absolute atomic E-state index is 12.3. The van der Waals surface area contributed by atoms with Crippen molar-refractivity contribution in [1.82, 2.24) is 20.8 Å². The second-order valence-electron chi connectivity index (χ2n) is 7.32. The molecule has 2 amide bonds. The Hall–Kier alpha value is -2.39. The van der Waals surface area contributed by atoms with Gasteiger partial charge in [-0.2, -0.15) is 0 Å². The molecular weight excluding hydrogens is 408 g/mol. The molecule has 0 saturated heterocycles. The SMILES string of the molecule is O=C(CSc1nc(C2CC2)nc2sc3c(c12)CCCC3)NNC(=O)c1ccco1. The summed E-state index contributed by atoms with van der Waals surface area (Å²) in [5, 5.41) is 2.02. The molecule has 2 aliphatic rings. The number of aromatic nitrogens is 2. The van der Waals surface area contributed by atoms with E-state index in [0.29, 0.717) is 5.92 Å². The van der Waals surface area contributed by atoms with E-state index in [1.54, 1.807) is 17.4 Å². The van der Waals surface area contributed by atoms with E-state index in [1.807, 2.05) is 0 Å². The van der Waals surface area contributed by atoms with Crippen LogP contribution in [0.1, 0.15) is 58.4 Å². The van der Waals surface area contributed by atoms with Crippen LogP contribution in [-0.4, -0.2) is 27.5 Å². The summed E-state index contributed by atoms with van der Waals surface area (Å²) in [5.74, 6) is 0.900. The van der Waals surface area contributed by atoms with E-state index in [4.69, 9.17) is 14.4 Å². The zero-order chi connectivity index (χ0) is 19.8. The number of carbonyl (C=O) groups excluding carboxylic acids is 2. The summed E-state index contributed by atoms with van der Waals surface area (Å²) in [5.41, 5.74) is 6.17. The molecule has 0 aliphatic heterocycles. The second kappa shape index (κ2) is 7.79. The lowest BCUT2D eigenvalue weighted by Gasteiger charge is -2.12. The van der Waals surface area contributed by atoms with Crippen molar-refractivity contribution in [2.45, 2.75) is 49.5 Å². The Kier molecular flexibility index (Phi) is 5.01. The number of nitrogens with zero attached hydrogens (tertiary/aromatic N) is 2. The normalized spacial score (nSPS) is 15.9. The van der Waals surface area contributed by atoms with E-state index in [-0.39, 0.29) is 17.4 Å². The van der Waals surface area contributed by atoms with E-state index in [0.717, 1.165) is 46.8 Å². The third kappa shape index (κ3) is 3.89. The van der Waals surface area contributed by atoms with Crippen LogP contribution in [0.4, 0.5) is 0 Å². The van der Waals surface area contributed by atoms with Crippen molar-refractivity contribution in [3.8, 4) is 0 Å². The van der Waals surface area contributed by atoms with Gasteiger partial charge < -0.3 is 4.42 Å². The van der Waals surface area contributed by atoms with Gasteiger partial charge in [-0.25, -0.2) is 9.97 Å². The van der Waals surface area contributed by atoms with Gasteiger partial charge >= 0.3 is 5.91 Å². The first-order chi connectivity index (χ1) is 14.2. The average molecular weight is 429 g/mol. The van der Waals surface area contributed by atoms with E-state index in [1.165, 1.54) is 47.4 Å². The van der Waals surface area contributed by atoms with Crippen LogP contribution in [0.5, 0.6) is 0 Å². The highest BCUT2D eigenvalue weighted by molar-refractivity contribution is 8.00. The molecular formula is C20H20N4O3S2. The summed E-state index contributed by atoms with van der Waals surface area (Å²) >= 11 is 3.20. The van der Waals surface area contributed by atoms with E-state index in [9.17, 15) is 9.59 Å². The summed E-state index contributed by atoms with van der Waals surface area (Å²) in [7, 11) is 0. The molecule has 0 atom stereocenters. The smallest absolute Gasteiger partial charge is 0.305 e. The first kappa shape index (κ1) is 18.6. The third-order valence-corrected chi connectivity index (χ3v) is 7.30. The zero-order valence-electron chi connectivity index (χ0n) is 15.7. The van der Waals surface area contributed by atoms with E-state index in [2.05, 4.69) is 10.9 Å². The van der Waals surface area contributed by atoms with Gasteiger partial charge in [0.15, 0.2) is 5.76 Å². The Balaban J connectivity index is 1.32. The molecule has 29 heavy (non-hydrogen) atoms. The number of aryl methyl sites for hydroxylation is 2. The number of hydrogen-bond donors (Lipinski definition) is 2. The van der Waals surface area contributed by atoms with Crippen LogP contribution in [-0.2, 0) is 17.6 Å². The van der Waals surface area contributed by atoms with Gasteiger partial charge in [0.25, 0.3) is 0 Å². The Morgan fingerprint density at radius 1 is 1.21 bits per heavy atom. The van der Waals surface area contributed by atoms with Crippen molar-refractivity contribution < 1.29 is 14.0 Å². The predicted octanol–water partition coefficient (Wildman–Crippen LogP) is 3.59. The molecule has 5 rings (SSSR count). The van der Waals surface area contributed by atoms with Gasteiger partial charge in [0.1, 0.15) is 15.7 Å². The standard InChI is InChI=1S/C20H20N4O3S2/c25-15(23-24-18(26)13-5-3-9-27-13)10-28-19-16-12-4-1-2-6-14(12)29-20(16)22-17(21-19)11-7-8-11/h3,5,9,11H,1-2,4,6-8,10H2,(H,23,25)(H,24,26). The maximum atomic E-state index is 12.3. The molecule has 3 aromatic heterocycles. The minimum absolute atomic E-state index is 0.148. The van der Waals surface area contributed by atoms with Crippen molar-refractivity contribution in [1.29, 1.82) is 0 Å². The summed E-state index contributed by atoms with van der Waals surface area (Å²) in [4.78, 5) is 36.3. The number of rotatable bonds is 5. The monoisotopic (exact) mass is 428 g/mol. The Morgan fingerprint density at radius 2 is 2.07 bits per heavy atom. The second-order valence-corrected chi connectivity index (χ2v) is 9.37. The lowest BCUT2D eigenvalue weighted by molar-refractivity contribution is -0.119. The van der Waals surface area contributed by atoms with Crippen molar-refractivity contribution in [2.75, 3.05) is 5.75 Å². The first-order valence-electron chi connectivity index (χ1n) is 9.76. The Morgan fingerprint density at radius 3 is 2.86 bits per heavy atom. The van der Waals surface area contributed by atoms with Crippen molar-refractivity contribution in [3.63, 3.8) is 0 Å². The highest BCUT2D eigenvalue weighted by Crippen LogP contribution is 2.43. The molecule has 0 unspecified atom stereocenters. The van der Waals surface area contributed by atoms with Gasteiger partial charge in [-0.1, -0.05) is 11.8 Å². The molecule has 0 spiro atoms. The molecule has 2 N–H and O–H groups in total. The number of thiophene rings is 1. The molecule has 3 aromatic rings. The van der Waals surface area contributed by atoms with Gasteiger partial charge in [0.2, 0.25) is 5.91 Å². The fourth-order valence-electron chi connectivity index (χ4n) is 3.53. The number of carbonyl (C=O) groups is 2. The quantitative estimate of drug-likeness (QED) is 0.366. The molecule has 2 aliphatic carbocycles. The first-order valence-corrected chi connectivity index (χ1v) is 11.6. The number of hydrazine groups is 1. The van der Waals surface area contributed by atoms with Crippen LogP contribution >= 0.6 is 23.1 Å². The van der Waals surface area contributed by atoms with E-state index < -0.39 is 5.91 Å². The summed E-state index contributed by atoms with van der Waals surface area (Å²) in [6.45, 7) is 0. The van der Waals surface area contributed by atoms with Crippen LogP contribution in [0.25, 0.3) is 10.2 Å². The van der Waals surface area contributed by atoms with E-state index >= 15 is 0 Å². The lowest BCUT2D eigenvalue weighted by Crippen LogP contribution is -2.42. The summed E-state index contributed by atoms with van der Waals surface area (Å²) < 4.78 is 5.01. The molecule has 0 bridgehead atoms. The number of nitrogens with one attached hydrogen (secondary N) is 2. The van der Waals surface area contributed by atoms with Crippen LogP contribution < -0.4 is 10.9 Å². The topological polar surface area (TPSA) is 97.1 Å². The summed E-state index contributed by atoms with van der Waals surface area (Å²) in [6.07, 6.45) is 8.26. The minimum atomic E-state index is -0.485. The predicted molar refractivity (Wildman–Crippen MR) is 111 cm³/mol. The van der Waals surface area contributed by atoms with Crippen molar-refractivity contribution >= 4 is 45.1 Å². The number of furan rings is 1. The third-order valence-electron chi connectivity index (χ3n) is 5.14. The molecule has 1 saturated carbocycles. The maximum Gasteiger partial charge on any atom is 0.305 e. The molecule has 9 heteroatoms. The molecule has 0 aromatic carbocycles. The van der Waals surface area contributed by atoms with Crippen molar-refractivity contribution in [3.05, 3.63) is 40.4 Å². The number of thioether (sulfide) groups is 1. The van der Waals surface area contributed by atoms with Gasteiger partial charge in [-0.15, -0.1) is 11.3 Å². The minimum Gasteiger partial charge on any atom is -0.459 e. The fourth-order valence-corrected chi connectivity index (χ4v) is 5.73. The molecule has 0 radical (unpaired) electrons. The summed E-state index contributed by atoms with van der Waals surface area (Å²) in [6, 6.07) is 3.15. The zero-order valence-corrected chi connectivity index (χ0v) is 17.3. The Labute approximate surface area is 175 Å². The fraction of sp³-hybridized carbons (Fsp3) is 0.400. The average Bonchev–Trinajstić information content (AvgIpc) is 3.30. The number of amides is 2. The van der Waals surface area contributed by atoms with Gasteiger partial charge in [0, 0.05) is 16.2 Å². The number of fused-ring (bicyclic) bond motifs is 3. The van der Waals surface area contributed by atoms with Crippen LogP contribution in [0.15, 0.2) is 27.8 Å². The van der Waals surface area contributed by atoms with Crippen LogP contribution in [0.3, 0.4) is 0 Å². The van der Waals surface area contributed by atoms with Gasteiger partial charge in [-0.05, 0) is 56.2 Å². The molecule has 150 valence electrons. The van der Waals surface area contributed by atoms with Crippen molar-refractivity contribution in [2.24, 2.45) is 0 Å². The number of hydrogen-bond acceptors (Lipinski definition) is 7. The lowest BCUT2D eigenvalue weighted by atomic mass is 9.97. The van der Waals surface area contributed by atoms with Crippen LogP contribution in [0.2, 0.25) is 0 Å². The molecule has 7 nitrogen and oxygen atoms in total.